The molecule has 0 aromatic heterocycles. The SMILES string of the molecule is CC=C(C)N[SiH3]. The molecule has 0 amide bonds. The highest BCUT2D eigenvalue weighted by atomic mass is 28.2. The highest BCUT2D eigenvalue weighted by Crippen LogP contribution is 1.77. The summed E-state index contributed by atoms with van der Waals surface area (Å²) in [5.41, 5.74) is 1.28. The van der Waals surface area contributed by atoms with Crippen molar-refractivity contribution in [3.8, 4) is 0 Å². The molecule has 0 unspecified atom stereocenters. The van der Waals surface area contributed by atoms with Gasteiger partial charge < -0.3 is 4.98 Å². The summed E-state index contributed by atoms with van der Waals surface area (Å²) in [6, 6.07) is 0. The van der Waals surface area contributed by atoms with Gasteiger partial charge in [0.2, 0.25) is 0 Å². The van der Waals surface area contributed by atoms with E-state index in [2.05, 4.69) is 18.0 Å². The maximum Gasteiger partial charge on any atom is 0.103 e. The van der Waals surface area contributed by atoms with Gasteiger partial charge in [-0.15, -0.1) is 0 Å². The van der Waals surface area contributed by atoms with Crippen LogP contribution in [0.1, 0.15) is 13.8 Å². The Labute approximate surface area is 41.9 Å². The number of hydrogen-bond donors (Lipinski definition) is 1. The van der Waals surface area contributed by atoms with Crippen LogP contribution in [0.4, 0.5) is 0 Å². The molecular formula is C4H11NSi. The number of rotatable bonds is 1. The first-order valence-electron chi connectivity index (χ1n) is 2.12. The summed E-state index contributed by atoms with van der Waals surface area (Å²) < 4.78 is 0. The molecule has 0 aliphatic carbocycles. The molecule has 0 fully saturated rings. The molecule has 36 valence electrons. The van der Waals surface area contributed by atoms with Crippen molar-refractivity contribution in [3.05, 3.63) is 11.8 Å². The van der Waals surface area contributed by atoms with Crippen molar-refractivity contribution in [1.82, 2.24) is 4.98 Å². The van der Waals surface area contributed by atoms with Crippen molar-refractivity contribution in [3.63, 3.8) is 0 Å². The predicted octanol–water partition coefficient (Wildman–Crippen LogP) is -0.220. The van der Waals surface area contributed by atoms with E-state index in [4.69, 9.17) is 0 Å². The fourth-order valence-corrected chi connectivity index (χ4v) is 0.433. The second-order valence-electron chi connectivity index (χ2n) is 1.22. The summed E-state index contributed by atoms with van der Waals surface area (Å²) in [6.07, 6.45) is 2.06. The summed E-state index contributed by atoms with van der Waals surface area (Å²) in [4.78, 5) is 3.11. The smallest absolute Gasteiger partial charge is 0.103 e. The lowest BCUT2D eigenvalue weighted by Gasteiger charge is -1.92. The summed E-state index contributed by atoms with van der Waals surface area (Å²) >= 11 is 0. The van der Waals surface area contributed by atoms with Gasteiger partial charge in [0.05, 0.1) is 0 Å². The van der Waals surface area contributed by atoms with E-state index in [0.29, 0.717) is 0 Å². The van der Waals surface area contributed by atoms with Crippen LogP contribution < -0.4 is 4.98 Å². The van der Waals surface area contributed by atoms with Gasteiger partial charge in [0.25, 0.3) is 0 Å². The second kappa shape index (κ2) is 2.97. The Hall–Kier alpha value is -0.243. The molecule has 0 atom stereocenters. The van der Waals surface area contributed by atoms with E-state index in [1.165, 1.54) is 5.70 Å². The fourth-order valence-electron chi connectivity index (χ4n) is 0.144. The average Bonchev–Trinajstić information content (AvgIpc) is 1.65. The summed E-state index contributed by atoms with van der Waals surface area (Å²) in [6.45, 7) is 4.09. The fraction of sp³-hybridized carbons (Fsp3) is 0.500. The van der Waals surface area contributed by atoms with Gasteiger partial charge in [-0.05, 0) is 19.5 Å². The van der Waals surface area contributed by atoms with Crippen LogP contribution in [0.5, 0.6) is 0 Å². The molecule has 1 nitrogen and oxygen atoms in total. The molecule has 0 aromatic carbocycles. The molecule has 2 heteroatoms. The van der Waals surface area contributed by atoms with Gasteiger partial charge in [0, 0.05) is 0 Å². The van der Waals surface area contributed by atoms with Gasteiger partial charge in [-0.3, -0.25) is 0 Å². The van der Waals surface area contributed by atoms with Crippen LogP contribution in [0.15, 0.2) is 11.8 Å². The molecule has 0 heterocycles. The molecule has 0 bridgehead atoms. The first-order chi connectivity index (χ1) is 2.81. The predicted molar refractivity (Wildman–Crippen MR) is 32.5 cm³/mol. The van der Waals surface area contributed by atoms with Crippen molar-refractivity contribution in [2.45, 2.75) is 13.8 Å². The summed E-state index contributed by atoms with van der Waals surface area (Å²) in [7, 11) is 1.06. The molecule has 6 heavy (non-hydrogen) atoms. The second-order valence-corrected chi connectivity index (χ2v) is 1.72. The van der Waals surface area contributed by atoms with Gasteiger partial charge in [0.1, 0.15) is 10.4 Å². The lowest BCUT2D eigenvalue weighted by molar-refractivity contribution is 1.17. The Kier molecular flexibility index (Phi) is 2.85. The van der Waals surface area contributed by atoms with Gasteiger partial charge in [-0.1, -0.05) is 6.08 Å². The van der Waals surface area contributed by atoms with Gasteiger partial charge >= 0.3 is 0 Å². The van der Waals surface area contributed by atoms with Crippen molar-refractivity contribution >= 4 is 10.4 Å². The minimum atomic E-state index is 1.06. The maximum absolute atomic E-state index is 3.11. The van der Waals surface area contributed by atoms with Crippen LogP contribution in [-0.4, -0.2) is 10.4 Å². The standard InChI is InChI=1S/C4H11NSi/c1-3-4(2)5-6/h3,5H,1-2,6H3. The van der Waals surface area contributed by atoms with Gasteiger partial charge in [0.15, 0.2) is 0 Å². The largest absolute Gasteiger partial charge is 0.422 e. The van der Waals surface area contributed by atoms with Crippen molar-refractivity contribution in [2.24, 2.45) is 0 Å². The Morgan fingerprint density at radius 3 is 2.33 bits per heavy atom. The third-order valence-corrected chi connectivity index (χ3v) is 1.62. The lowest BCUT2D eigenvalue weighted by atomic mass is 10.5. The van der Waals surface area contributed by atoms with E-state index < -0.39 is 0 Å². The molecule has 0 aliphatic heterocycles. The maximum atomic E-state index is 3.11. The zero-order chi connectivity index (χ0) is 4.99. The minimum Gasteiger partial charge on any atom is -0.422 e. The normalized spacial score (nSPS) is 12.0. The molecule has 0 aliphatic rings. The third-order valence-electron chi connectivity index (χ3n) is 0.827. The van der Waals surface area contributed by atoms with Crippen molar-refractivity contribution < 1.29 is 0 Å². The van der Waals surface area contributed by atoms with E-state index in [1.54, 1.807) is 0 Å². The summed E-state index contributed by atoms with van der Waals surface area (Å²) in [5.74, 6) is 0. The van der Waals surface area contributed by atoms with Gasteiger partial charge in [-0.25, -0.2) is 0 Å². The zero-order valence-electron chi connectivity index (χ0n) is 4.58. The van der Waals surface area contributed by atoms with Crippen LogP contribution >= 0.6 is 0 Å². The Morgan fingerprint density at radius 2 is 2.33 bits per heavy atom. The molecule has 0 spiro atoms. The first-order valence-corrected chi connectivity index (χ1v) is 3.12. The van der Waals surface area contributed by atoms with Crippen molar-refractivity contribution in [1.29, 1.82) is 0 Å². The monoisotopic (exact) mass is 101 g/mol. The summed E-state index contributed by atoms with van der Waals surface area (Å²) in [5, 5.41) is 0. The molecule has 0 rings (SSSR count). The Bertz CT molecular complexity index is 58.6. The van der Waals surface area contributed by atoms with Gasteiger partial charge in [-0.2, -0.15) is 0 Å². The number of nitrogens with one attached hydrogen (secondary N) is 1. The van der Waals surface area contributed by atoms with Crippen LogP contribution in [0.2, 0.25) is 0 Å². The van der Waals surface area contributed by atoms with E-state index in [-0.39, 0.29) is 0 Å². The minimum absolute atomic E-state index is 1.06. The van der Waals surface area contributed by atoms with E-state index >= 15 is 0 Å². The molecule has 0 saturated carbocycles. The molecule has 0 saturated heterocycles. The van der Waals surface area contributed by atoms with E-state index in [9.17, 15) is 0 Å². The van der Waals surface area contributed by atoms with Crippen LogP contribution in [0.25, 0.3) is 0 Å². The number of allylic oxidation sites excluding steroid dienone is 2. The van der Waals surface area contributed by atoms with Crippen LogP contribution in [0, 0.1) is 0 Å². The molecule has 0 aromatic rings. The van der Waals surface area contributed by atoms with E-state index in [1.807, 2.05) is 6.92 Å². The van der Waals surface area contributed by atoms with E-state index in [0.717, 1.165) is 10.4 Å². The quantitative estimate of drug-likeness (QED) is 0.450. The Morgan fingerprint density at radius 1 is 1.83 bits per heavy atom. The highest BCUT2D eigenvalue weighted by Gasteiger charge is 1.69. The molecule has 1 N–H and O–H groups in total. The molecule has 0 radical (unpaired) electrons. The third kappa shape index (κ3) is 2.02. The van der Waals surface area contributed by atoms with Crippen molar-refractivity contribution in [2.75, 3.05) is 0 Å². The number of hydrogen-bond acceptors (Lipinski definition) is 1. The van der Waals surface area contributed by atoms with Crippen LogP contribution in [0.3, 0.4) is 0 Å². The molecular weight excluding hydrogens is 90.1 g/mol. The first kappa shape index (κ1) is 5.76. The average molecular weight is 101 g/mol. The topological polar surface area (TPSA) is 12.0 Å². The Balaban J connectivity index is 3.22. The lowest BCUT2D eigenvalue weighted by Crippen LogP contribution is -2.02. The zero-order valence-corrected chi connectivity index (χ0v) is 6.58. The van der Waals surface area contributed by atoms with Crippen LogP contribution in [-0.2, 0) is 0 Å². The highest BCUT2D eigenvalue weighted by molar-refractivity contribution is 6.05.